The highest BCUT2D eigenvalue weighted by atomic mass is 16.2. The fourth-order valence-corrected chi connectivity index (χ4v) is 2.11. The first-order valence-electron chi connectivity index (χ1n) is 7.30. The zero-order chi connectivity index (χ0) is 15.3. The number of nitrogens with two attached hydrogens (primary N) is 1. The van der Waals surface area contributed by atoms with Crippen molar-refractivity contribution in [1.29, 1.82) is 0 Å². The van der Waals surface area contributed by atoms with E-state index in [1.54, 1.807) is 0 Å². The lowest BCUT2D eigenvalue weighted by molar-refractivity contribution is -0.118. The van der Waals surface area contributed by atoms with Gasteiger partial charge in [0.1, 0.15) is 0 Å². The number of benzene rings is 1. The summed E-state index contributed by atoms with van der Waals surface area (Å²) in [6.07, 6.45) is 0. The zero-order valence-corrected chi connectivity index (χ0v) is 13.2. The van der Waals surface area contributed by atoms with Crippen LogP contribution in [0.5, 0.6) is 0 Å². The van der Waals surface area contributed by atoms with Gasteiger partial charge in [0.2, 0.25) is 5.91 Å². The monoisotopic (exact) mass is 277 g/mol. The maximum absolute atomic E-state index is 11.9. The van der Waals surface area contributed by atoms with Crippen molar-refractivity contribution in [2.45, 2.75) is 46.7 Å². The SMILES string of the molecule is CCN(c1ccc(NC(=O)[C@H](N)C(C)C)cc1)C(C)C. The Hall–Kier alpha value is -1.55. The standard InChI is InChI=1S/C16H27N3O/c1-6-19(12(4)5)14-9-7-13(8-10-14)18-16(20)15(17)11(2)3/h7-12,15H,6,17H2,1-5H3,(H,18,20)/t15-/m1/s1. The molecule has 1 aromatic rings. The molecule has 112 valence electrons. The molecule has 4 nitrogen and oxygen atoms in total. The van der Waals surface area contributed by atoms with Crippen LogP contribution >= 0.6 is 0 Å². The van der Waals surface area contributed by atoms with E-state index in [1.807, 2.05) is 38.1 Å². The van der Waals surface area contributed by atoms with Crippen LogP contribution < -0.4 is 16.0 Å². The van der Waals surface area contributed by atoms with Crippen molar-refractivity contribution in [2.75, 3.05) is 16.8 Å². The molecule has 0 aromatic heterocycles. The Labute approximate surface area is 122 Å². The Bertz CT molecular complexity index is 426. The molecule has 0 aliphatic carbocycles. The maximum Gasteiger partial charge on any atom is 0.241 e. The Morgan fingerprint density at radius 3 is 2.15 bits per heavy atom. The quantitative estimate of drug-likeness (QED) is 0.840. The molecule has 1 amide bonds. The van der Waals surface area contributed by atoms with Crippen LogP contribution in [0.25, 0.3) is 0 Å². The second-order valence-corrected chi connectivity index (χ2v) is 5.69. The van der Waals surface area contributed by atoms with Crippen LogP contribution in [0.3, 0.4) is 0 Å². The highest BCUT2D eigenvalue weighted by Gasteiger charge is 2.17. The number of anilines is 2. The topological polar surface area (TPSA) is 58.4 Å². The molecule has 1 rings (SSSR count). The molecule has 0 saturated carbocycles. The lowest BCUT2D eigenvalue weighted by atomic mass is 10.0. The minimum atomic E-state index is -0.475. The molecule has 3 N–H and O–H groups in total. The van der Waals surface area contributed by atoms with Gasteiger partial charge in [0.05, 0.1) is 6.04 Å². The van der Waals surface area contributed by atoms with Gasteiger partial charge in [-0.05, 0) is 51.0 Å². The van der Waals surface area contributed by atoms with E-state index in [0.717, 1.165) is 17.9 Å². The van der Waals surface area contributed by atoms with Crippen LogP contribution in [-0.2, 0) is 4.79 Å². The van der Waals surface area contributed by atoms with Gasteiger partial charge < -0.3 is 16.0 Å². The van der Waals surface area contributed by atoms with Crippen molar-refractivity contribution in [3.8, 4) is 0 Å². The van der Waals surface area contributed by atoms with E-state index in [0.29, 0.717) is 6.04 Å². The first-order chi connectivity index (χ1) is 9.36. The molecule has 0 spiro atoms. The number of rotatable bonds is 6. The van der Waals surface area contributed by atoms with Crippen LogP contribution in [0.2, 0.25) is 0 Å². The highest BCUT2D eigenvalue weighted by molar-refractivity contribution is 5.94. The lowest BCUT2D eigenvalue weighted by Gasteiger charge is -2.27. The smallest absolute Gasteiger partial charge is 0.241 e. The Morgan fingerprint density at radius 2 is 1.75 bits per heavy atom. The van der Waals surface area contributed by atoms with Gasteiger partial charge in [-0.1, -0.05) is 13.8 Å². The van der Waals surface area contributed by atoms with Gasteiger partial charge in [-0.3, -0.25) is 4.79 Å². The van der Waals surface area contributed by atoms with Crippen molar-refractivity contribution in [3.05, 3.63) is 24.3 Å². The molecule has 0 bridgehead atoms. The Balaban J connectivity index is 2.74. The predicted molar refractivity (Wildman–Crippen MR) is 86.0 cm³/mol. The summed E-state index contributed by atoms with van der Waals surface area (Å²) >= 11 is 0. The number of carbonyl (C=O) groups excluding carboxylic acids is 1. The van der Waals surface area contributed by atoms with Crippen molar-refractivity contribution in [1.82, 2.24) is 0 Å². The average Bonchev–Trinajstić information content (AvgIpc) is 2.40. The number of carbonyl (C=O) groups is 1. The number of nitrogens with one attached hydrogen (secondary N) is 1. The van der Waals surface area contributed by atoms with Gasteiger partial charge in [-0.25, -0.2) is 0 Å². The third kappa shape index (κ3) is 4.23. The van der Waals surface area contributed by atoms with Crippen LogP contribution in [-0.4, -0.2) is 24.5 Å². The number of amides is 1. The van der Waals surface area contributed by atoms with Crippen LogP contribution in [0, 0.1) is 5.92 Å². The molecule has 0 aliphatic rings. The summed E-state index contributed by atoms with van der Waals surface area (Å²) in [6, 6.07) is 7.88. The summed E-state index contributed by atoms with van der Waals surface area (Å²) in [7, 11) is 0. The molecular formula is C16H27N3O. The van der Waals surface area contributed by atoms with Crippen molar-refractivity contribution < 1.29 is 4.79 Å². The summed E-state index contributed by atoms with van der Waals surface area (Å²) in [4.78, 5) is 14.2. The highest BCUT2D eigenvalue weighted by Crippen LogP contribution is 2.20. The fraction of sp³-hybridized carbons (Fsp3) is 0.562. The summed E-state index contributed by atoms with van der Waals surface area (Å²) in [6.45, 7) is 11.3. The first kappa shape index (κ1) is 16.5. The molecular weight excluding hydrogens is 250 g/mol. The molecule has 0 heterocycles. The second-order valence-electron chi connectivity index (χ2n) is 5.69. The van der Waals surface area contributed by atoms with Gasteiger partial charge in [0.15, 0.2) is 0 Å². The average molecular weight is 277 g/mol. The van der Waals surface area contributed by atoms with Gasteiger partial charge in [-0.2, -0.15) is 0 Å². The van der Waals surface area contributed by atoms with E-state index < -0.39 is 6.04 Å². The molecule has 20 heavy (non-hydrogen) atoms. The molecule has 0 fully saturated rings. The van der Waals surface area contributed by atoms with Crippen LogP contribution in [0.4, 0.5) is 11.4 Å². The Kier molecular flexibility index (Phi) is 6.02. The largest absolute Gasteiger partial charge is 0.369 e. The molecule has 0 aliphatic heterocycles. The van der Waals surface area contributed by atoms with Gasteiger partial charge in [-0.15, -0.1) is 0 Å². The third-order valence-electron chi connectivity index (χ3n) is 3.45. The minimum absolute atomic E-state index is 0.130. The Morgan fingerprint density at radius 1 is 1.20 bits per heavy atom. The maximum atomic E-state index is 11.9. The number of hydrogen-bond acceptors (Lipinski definition) is 3. The second kappa shape index (κ2) is 7.29. The minimum Gasteiger partial charge on any atom is -0.369 e. The fourth-order valence-electron chi connectivity index (χ4n) is 2.11. The molecule has 0 radical (unpaired) electrons. The van der Waals surface area contributed by atoms with Gasteiger partial charge in [0.25, 0.3) is 0 Å². The van der Waals surface area contributed by atoms with Gasteiger partial charge >= 0.3 is 0 Å². The zero-order valence-electron chi connectivity index (χ0n) is 13.2. The summed E-state index contributed by atoms with van der Waals surface area (Å²) in [5.41, 5.74) is 7.77. The third-order valence-corrected chi connectivity index (χ3v) is 3.45. The molecule has 0 unspecified atom stereocenters. The van der Waals surface area contributed by atoms with E-state index in [1.165, 1.54) is 0 Å². The number of nitrogens with zero attached hydrogens (tertiary/aromatic N) is 1. The molecule has 1 atom stereocenters. The van der Waals surface area contributed by atoms with Crippen molar-refractivity contribution >= 4 is 17.3 Å². The molecule has 1 aromatic carbocycles. The van der Waals surface area contributed by atoms with Crippen molar-refractivity contribution in [2.24, 2.45) is 11.7 Å². The van der Waals surface area contributed by atoms with Gasteiger partial charge in [0, 0.05) is 24.0 Å². The van der Waals surface area contributed by atoms with E-state index in [4.69, 9.17) is 5.73 Å². The summed E-state index contributed by atoms with van der Waals surface area (Å²) in [5, 5.41) is 2.85. The first-order valence-corrected chi connectivity index (χ1v) is 7.30. The lowest BCUT2D eigenvalue weighted by Crippen LogP contribution is -2.39. The van der Waals surface area contributed by atoms with E-state index in [2.05, 4.69) is 31.0 Å². The molecule has 4 heteroatoms. The molecule has 0 saturated heterocycles. The van der Waals surface area contributed by atoms with E-state index >= 15 is 0 Å². The normalized spacial score (nSPS) is 12.6. The van der Waals surface area contributed by atoms with E-state index in [9.17, 15) is 4.79 Å². The van der Waals surface area contributed by atoms with Crippen LogP contribution in [0.15, 0.2) is 24.3 Å². The van der Waals surface area contributed by atoms with Crippen LogP contribution in [0.1, 0.15) is 34.6 Å². The van der Waals surface area contributed by atoms with Crippen molar-refractivity contribution in [3.63, 3.8) is 0 Å². The summed E-state index contributed by atoms with van der Waals surface area (Å²) in [5.74, 6) is -0.00486. The predicted octanol–water partition coefficient (Wildman–Crippen LogP) is 2.84. The van der Waals surface area contributed by atoms with E-state index in [-0.39, 0.29) is 11.8 Å². The summed E-state index contributed by atoms with van der Waals surface area (Å²) < 4.78 is 0. The number of hydrogen-bond donors (Lipinski definition) is 2.